The number of pyridine rings is 2. The summed E-state index contributed by atoms with van der Waals surface area (Å²) in [4.78, 5) is 22.8. The number of halogens is 2. The number of nitrogens with zero attached hydrogens (tertiary/aromatic N) is 3. The zero-order valence-electron chi connectivity index (χ0n) is 18.2. The van der Waals surface area contributed by atoms with Crippen molar-refractivity contribution in [3.05, 3.63) is 72.4 Å². The van der Waals surface area contributed by atoms with Crippen LogP contribution in [0.4, 0.5) is 8.78 Å². The minimum atomic E-state index is -2.69. The van der Waals surface area contributed by atoms with Crippen molar-refractivity contribution >= 4 is 16.9 Å². The highest BCUT2D eigenvalue weighted by atomic mass is 19.3. The molecule has 0 spiro atoms. The maximum atomic E-state index is 13.4. The summed E-state index contributed by atoms with van der Waals surface area (Å²) in [6.45, 7) is 2.16. The van der Waals surface area contributed by atoms with E-state index in [4.69, 9.17) is 4.42 Å². The molecule has 1 aliphatic heterocycles. The van der Waals surface area contributed by atoms with Crippen molar-refractivity contribution in [1.29, 1.82) is 0 Å². The monoisotopic (exact) mass is 447 g/mol. The van der Waals surface area contributed by atoms with E-state index in [2.05, 4.69) is 9.97 Å². The lowest BCUT2D eigenvalue weighted by atomic mass is 9.99. The van der Waals surface area contributed by atoms with Crippen LogP contribution < -0.4 is 0 Å². The number of piperidine rings is 1. The molecule has 1 aliphatic rings. The molecule has 168 valence electrons. The van der Waals surface area contributed by atoms with E-state index in [0.29, 0.717) is 11.3 Å². The van der Waals surface area contributed by atoms with Crippen LogP contribution in [0.25, 0.3) is 33.4 Å². The Bertz CT molecular complexity index is 1290. The van der Waals surface area contributed by atoms with Gasteiger partial charge in [0, 0.05) is 67.5 Å². The van der Waals surface area contributed by atoms with Gasteiger partial charge in [-0.15, -0.1) is 0 Å². The largest absolute Gasteiger partial charge is 0.460 e. The number of hydrogen-bond donors (Lipinski definition) is 0. The van der Waals surface area contributed by atoms with Crippen LogP contribution in [0.5, 0.6) is 0 Å². The van der Waals surface area contributed by atoms with Crippen LogP contribution in [0.2, 0.25) is 0 Å². The van der Waals surface area contributed by atoms with Gasteiger partial charge >= 0.3 is 0 Å². The Balaban J connectivity index is 1.47. The second kappa shape index (κ2) is 8.39. The summed E-state index contributed by atoms with van der Waals surface area (Å²) >= 11 is 0. The molecule has 0 radical (unpaired) electrons. The Morgan fingerprint density at radius 3 is 2.48 bits per heavy atom. The average Bonchev–Trinajstić information content (AvgIpc) is 3.27. The van der Waals surface area contributed by atoms with Crippen LogP contribution in [0.3, 0.4) is 0 Å². The van der Waals surface area contributed by atoms with Crippen molar-refractivity contribution in [3.8, 4) is 22.4 Å². The summed E-state index contributed by atoms with van der Waals surface area (Å²) in [5.41, 5.74) is 4.76. The molecule has 5 nitrogen and oxygen atoms in total. The fraction of sp³-hybridized carbons (Fsp3) is 0.269. The van der Waals surface area contributed by atoms with Crippen LogP contribution in [0.15, 0.2) is 65.5 Å². The molecular formula is C26H23F2N3O2. The third-order valence-corrected chi connectivity index (χ3v) is 6.10. The van der Waals surface area contributed by atoms with Gasteiger partial charge < -0.3 is 9.32 Å². The summed E-state index contributed by atoms with van der Waals surface area (Å²) in [5, 5.41) is 0.979. The second-order valence-corrected chi connectivity index (χ2v) is 8.32. The van der Waals surface area contributed by atoms with Crippen LogP contribution >= 0.6 is 0 Å². The van der Waals surface area contributed by atoms with E-state index in [1.54, 1.807) is 24.5 Å². The van der Waals surface area contributed by atoms with E-state index < -0.39 is 5.92 Å². The summed E-state index contributed by atoms with van der Waals surface area (Å²) in [6.07, 6.45) is 5.20. The number of carbonyl (C=O) groups is 1. The average molecular weight is 447 g/mol. The topological polar surface area (TPSA) is 59.2 Å². The highest BCUT2D eigenvalue weighted by molar-refractivity contribution is 5.97. The van der Waals surface area contributed by atoms with Crippen molar-refractivity contribution in [1.82, 2.24) is 14.9 Å². The molecule has 33 heavy (non-hydrogen) atoms. The van der Waals surface area contributed by atoms with E-state index in [-0.39, 0.29) is 31.8 Å². The molecule has 0 unspecified atom stereocenters. The Kier molecular flexibility index (Phi) is 5.40. The maximum Gasteiger partial charge on any atom is 0.255 e. The number of likely N-dealkylation sites (tertiary alicyclic amines) is 1. The van der Waals surface area contributed by atoms with Crippen LogP contribution in [-0.4, -0.2) is 39.8 Å². The zero-order valence-corrected chi connectivity index (χ0v) is 18.2. The van der Waals surface area contributed by atoms with Crippen molar-refractivity contribution in [2.45, 2.75) is 32.1 Å². The third kappa shape index (κ3) is 4.23. The summed E-state index contributed by atoms with van der Waals surface area (Å²) in [6, 6.07) is 13.5. The fourth-order valence-corrected chi connectivity index (χ4v) is 4.19. The quantitative estimate of drug-likeness (QED) is 0.386. The van der Waals surface area contributed by atoms with E-state index in [0.717, 1.165) is 39.8 Å². The zero-order chi connectivity index (χ0) is 23.0. The molecule has 0 atom stereocenters. The van der Waals surface area contributed by atoms with Crippen molar-refractivity contribution < 1.29 is 18.0 Å². The predicted molar refractivity (Wildman–Crippen MR) is 122 cm³/mol. The molecule has 4 heterocycles. The molecule has 1 amide bonds. The summed E-state index contributed by atoms with van der Waals surface area (Å²) in [5.74, 6) is -2.05. The van der Waals surface area contributed by atoms with Crippen molar-refractivity contribution in [3.63, 3.8) is 0 Å². The second-order valence-electron chi connectivity index (χ2n) is 8.32. The maximum absolute atomic E-state index is 13.4. The minimum absolute atomic E-state index is 0.0554. The molecule has 0 aliphatic carbocycles. The molecule has 5 rings (SSSR count). The third-order valence-electron chi connectivity index (χ3n) is 6.10. The van der Waals surface area contributed by atoms with Gasteiger partial charge in [0.1, 0.15) is 11.3 Å². The number of furan rings is 1. The molecule has 1 aromatic carbocycles. The number of benzene rings is 1. The molecule has 4 aromatic rings. The summed E-state index contributed by atoms with van der Waals surface area (Å²) < 4.78 is 32.9. The van der Waals surface area contributed by atoms with Gasteiger partial charge in [-0.3, -0.25) is 14.8 Å². The van der Waals surface area contributed by atoms with Crippen molar-refractivity contribution in [2.24, 2.45) is 0 Å². The molecular weight excluding hydrogens is 424 g/mol. The lowest BCUT2D eigenvalue weighted by Crippen LogP contribution is -2.42. The number of aromatic nitrogens is 2. The number of carbonyl (C=O) groups excluding carboxylic acids is 1. The standard InChI is InChI=1S/C26H23F2N3O2/c1-2-21-14-20-13-19(15-22(24(20)33-21)17-5-9-29-10-6-17)23-4-3-18(16-30-23)25(32)31-11-7-26(27,28)8-12-31/h3-6,9-10,13-16H,2,7-8,11-12H2,1H3. The van der Waals surface area contributed by atoms with Gasteiger partial charge in [-0.1, -0.05) is 6.92 Å². The molecule has 1 saturated heterocycles. The first-order valence-corrected chi connectivity index (χ1v) is 11.0. The highest BCUT2D eigenvalue weighted by Gasteiger charge is 2.35. The van der Waals surface area contributed by atoms with Gasteiger partial charge in [0.15, 0.2) is 0 Å². The van der Waals surface area contributed by atoms with Gasteiger partial charge in [-0.2, -0.15) is 0 Å². The van der Waals surface area contributed by atoms with Crippen LogP contribution in [0.1, 0.15) is 35.9 Å². The predicted octanol–water partition coefficient (Wildman–Crippen LogP) is 5.99. The molecule has 0 N–H and O–H groups in total. The molecule has 7 heteroatoms. The Labute approximate surface area is 190 Å². The Morgan fingerprint density at radius 2 is 1.82 bits per heavy atom. The Hall–Kier alpha value is -3.61. The number of alkyl halides is 2. The fourth-order valence-electron chi connectivity index (χ4n) is 4.19. The molecule has 3 aromatic heterocycles. The van der Waals surface area contributed by atoms with Crippen LogP contribution in [0, 0.1) is 0 Å². The first-order valence-electron chi connectivity index (χ1n) is 11.0. The number of amides is 1. The number of aryl methyl sites for hydroxylation is 1. The SMILES string of the molecule is CCc1cc2cc(-c3ccc(C(=O)N4CCC(F)(F)CC4)cn3)cc(-c3ccncc3)c2o1. The lowest BCUT2D eigenvalue weighted by molar-refractivity contribution is -0.0494. The van der Waals surface area contributed by atoms with E-state index >= 15 is 0 Å². The van der Waals surface area contributed by atoms with Gasteiger partial charge in [-0.25, -0.2) is 8.78 Å². The number of hydrogen-bond acceptors (Lipinski definition) is 4. The van der Waals surface area contributed by atoms with E-state index in [1.807, 2.05) is 37.3 Å². The van der Waals surface area contributed by atoms with E-state index in [9.17, 15) is 13.6 Å². The van der Waals surface area contributed by atoms with Gasteiger partial charge in [0.25, 0.3) is 11.8 Å². The van der Waals surface area contributed by atoms with Crippen LogP contribution in [-0.2, 0) is 6.42 Å². The van der Waals surface area contributed by atoms with Crippen molar-refractivity contribution in [2.75, 3.05) is 13.1 Å². The lowest BCUT2D eigenvalue weighted by Gasteiger charge is -2.31. The first-order chi connectivity index (χ1) is 15.9. The molecule has 0 bridgehead atoms. The van der Waals surface area contributed by atoms with Gasteiger partial charge in [0.05, 0.1) is 11.3 Å². The Morgan fingerprint density at radius 1 is 1.06 bits per heavy atom. The van der Waals surface area contributed by atoms with Gasteiger partial charge in [-0.05, 0) is 48.0 Å². The minimum Gasteiger partial charge on any atom is -0.460 e. The van der Waals surface area contributed by atoms with Gasteiger partial charge in [0.2, 0.25) is 0 Å². The molecule has 1 fully saturated rings. The number of rotatable bonds is 4. The number of fused-ring (bicyclic) bond motifs is 1. The molecule has 0 saturated carbocycles. The first kappa shape index (κ1) is 21.2. The smallest absolute Gasteiger partial charge is 0.255 e. The summed E-state index contributed by atoms with van der Waals surface area (Å²) in [7, 11) is 0. The highest BCUT2D eigenvalue weighted by Crippen LogP contribution is 2.35. The van der Waals surface area contributed by atoms with E-state index in [1.165, 1.54) is 11.1 Å². The normalized spacial score (nSPS) is 15.7.